The van der Waals surface area contributed by atoms with Crippen LogP contribution in [-0.4, -0.2) is 23.9 Å². The first kappa shape index (κ1) is 16.4. The van der Waals surface area contributed by atoms with E-state index in [1.54, 1.807) is 4.90 Å². The lowest BCUT2D eigenvalue weighted by molar-refractivity contribution is 0.0115. The predicted octanol–water partition coefficient (Wildman–Crippen LogP) is 4.87. The van der Waals surface area contributed by atoms with Gasteiger partial charge >= 0.3 is 0 Å². The molecule has 0 saturated carbocycles. The molecule has 2 aromatic rings. The highest BCUT2D eigenvalue weighted by Crippen LogP contribution is 2.29. The molecule has 0 aromatic heterocycles. The van der Waals surface area contributed by atoms with Crippen LogP contribution in [0, 0.1) is 0 Å². The molecule has 0 radical (unpaired) electrons. The van der Waals surface area contributed by atoms with Crippen molar-refractivity contribution in [3.05, 3.63) is 64.1 Å². The quantitative estimate of drug-likeness (QED) is 0.732. The largest absolute Gasteiger partial charge is 0.489 e. The lowest BCUT2D eigenvalue weighted by Gasteiger charge is -2.16. The maximum Gasteiger partial charge on any atom is 0.261 e. The third-order valence-corrected chi connectivity index (χ3v) is 4.29. The number of likely N-dealkylation sites (tertiary alicyclic amines) is 1. The molecule has 2 aromatic carbocycles. The number of alkyl halides is 2. The smallest absolute Gasteiger partial charge is 0.261 e. The van der Waals surface area contributed by atoms with Crippen molar-refractivity contribution < 1.29 is 13.5 Å². The highest BCUT2D eigenvalue weighted by molar-refractivity contribution is 9.10. The molecular formula is C18H18BrF2NO. The minimum atomic E-state index is -2.56. The molecule has 0 aliphatic carbocycles. The Bertz CT molecular complexity index is 663. The summed E-state index contributed by atoms with van der Waals surface area (Å²) in [7, 11) is 0. The summed E-state index contributed by atoms with van der Waals surface area (Å²) < 4.78 is 33.3. The van der Waals surface area contributed by atoms with E-state index in [0.29, 0.717) is 19.7 Å². The summed E-state index contributed by atoms with van der Waals surface area (Å²) in [6.45, 7) is 1.26. The number of rotatable bonds is 5. The van der Waals surface area contributed by atoms with Crippen molar-refractivity contribution in [1.29, 1.82) is 0 Å². The Balaban J connectivity index is 1.65. The van der Waals surface area contributed by atoms with Crippen LogP contribution < -0.4 is 4.74 Å². The van der Waals surface area contributed by atoms with Crippen LogP contribution >= 0.6 is 15.9 Å². The molecule has 0 N–H and O–H groups in total. The zero-order valence-electron chi connectivity index (χ0n) is 12.6. The molecule has 3 rings (SSSR count). The minimum Gasteiger partial charge on any atom is -0.489 e. The first-order chi connectivity index (χ1) is 11.0. The summed E-state index contributed by atoms with van der Waals surface area (Å²) in [6, 6.07) is 15.7. The van der Waals surface area contributed by atoms with Crippen LogP contribution in [-0.2, 0) is 13.2 Å². The number of benzene rings is 2. The lowest BCUT2D eigenvalue weighted by Crippen LogP contribution is -2.24. The van der Waals surface area contributed by atoms with E-state index in [1.807, 2.05) is 48.5 Å². The molecule has 23 heavy (non-hydrogen) atoms. The molecule has 5 heteroatoms. The van der Waals surface area contributed by atoms with Crippen molar-refractivity contribution in [3.63, 3.8) is 0 Å². The van der Waals surface area contributed by atoms with E-state index in [-0.39, 0.29) is 13.0 Å². The van der Waals surface area contributed by atoms with Crippen LogP contribution in [0.1, 0.15) is 17.5 Å². The van der Waals surface area contributed by atoms with Gasteiger partial charge < -0.3 is 4.74 Å². The van der Waals surface area contributed by atoms with Crippen molar-refractivity contribution in [2.75, 3.05) is 13.1 Å². The first-order valence-electron chi connectivity index (χ1n) is 7.57. The van der Waals surface area contributed by atoms with Crippen LogP contribution in [0.3, 0.4) is 0 Å². The maximum atomic E-state index is 13.3. The van der Waals surface area contributed by atoms with Crippen LogP contribution in [0.2, 0.25) is 0 Å². The van der Waals surface area contributed by atoms with Crippen molar-refractivity contribution in [2.24, 2.45) is 0 Å². The second-order valence-corrected chi connectivity index (χ2v) is 6.80. The normalized spacial score (nSPS) is 17.3. The Morgan fingerprint density at radius 2 is 1.87 bits per heavy atom. The zero-order chi connectivity index (χ0) is 16.3. The molecule has 1 aliphatic heterocycles. The fraction of sp³-hybridized carbons (Fsp3) is 0.333. The standard InChI is InChI=1S/C18H18BrF2NO/c19-16-8-15(11-22-7-6-18(20,21)13-22)9-17(10-16)23-12-14-4-2-1-3-5-14/h1-5,8-10H,6-7,11-13H2. The highest BCUT2D eigenvalue weighted by Gasteiger charge is 2.37. The van der Waals surface area contributed by atoms with Gasteiger partial charge in [0.1, 0.15) is 12.4 Å². The number of hydrogen-bond donors (Lipinski definition) is 0. The third kappa shape index (κ3) is 4.75. The molecule has 2 nitrogen and oxygen atoms in total. The molecule has 0 unspecified atom stereocenters. The Morgan fingerprint density at radius 3 is 2.57 bits per heavy atom. The molecule has 0 amide bonds. The van der Waals surface area contributed by atoms with Crippen LogP contribution in [0.4, 0.5) is 8.78 Å². The molecule has 0 bridgehead atoms. The fourth-order valence-corrected chi connectivity index (χ4v) is 3.26. The predicted molar refractivity (Wildman–Crippen MR) is 89.8 cm³/mol. The summed E-state index contributed by atoms with van der Waals surface area (Å²) in [5.41, 5.74) is 2.06. The van der Waals surface area contributed by atoms with Gasteiger partial charge in [-0.25, -0.2) is 8.78 Å². The van der Waals surface area contributed by atoms with Crippen molar-refractivity contribution in [3.8, 4) is 5.75 Å². The van der Waals surface area contributed by atoms with E-state index >= 15 is 0 Å². The van der Waals surface area contributed by atoms with E-state index in [9.17, 15) is 8.78 Å². The minimum absolute atomic E-state index is 0.0572. The number of hydrogen-bond acceptors (Lipinski definition) is 2. The van der Waals surface area contributed by atoms with Crippen LogP contribution in [0.5, 0.6) is 5.75 Å². The van der Waals surface area contributed by atoms with Gasteiger partial charge in [0.15, 0.2) is 0 Å². The van der Waals surface area contributed by atoms with E-state index in [1.165, 1.54) is 0 Å². The van der Waals surface area contributed by atoms with E-state index in [4.69, 9.17) is 4.74 Å². The van der Waals surface area contributed by atoms with E-state index in [2.05, 4.69) is 15.9 Å². The van der Waals surface area contributed by atoms with Gasteiger partial charge in [-0.3, -0.25) is 4.90 Å². The molecule has 1 fully saturated rings. The third-order valence-electron chi connectivity index (χ3n) is 3.83. The number of halogens is 3. The molecule has 122 valence electrons. The van der Waals surface area contributed by atoms with E-state index < -0.39 is 5.92 Å². The lowest BCUT2D eigenvalue weighted by atomic mass is 10.2. The Morgan fingerprint density at radius 1 is 1.09 bits per heavy atom. The average molecular weight is 382 g/mol. The van der Waals surface area contributed by atoms with Gasteiger partial charge in [-0.05, 0) is 29.3 Å². The Kier molecular flexibility index (Phi) is 4.97. The second kappa shape index (κ2) is 6.97. The fourth-order valence-electron chi connectivity index (χ4n) is 2.74. The molecule has 1 heterocycles. The second-order valence-electron chi connectivity index (χ2n) is 5.89. The highest BCUT2D eigenvalue weighted by atomic mass is 79.9. The SMILES string of the molecule is FC1(F)CCN(Cc2cc(Br)cc(OCc3ccccc3)c2)C1. The summed E-state index contributed by atoms with van der Waals surface area (Å²) in [4.78, 5) is 1.78. The van der Waals surface area contributed by atoms with Gasteiger partial charge in [-0.1, -0.05) is 46.3 Å². The molecule has 0 atom stereocenters. The summed E-state index contributed by atoms with van der Waals surface area (Å²) in [6.07, 6.45) is -0.0572. The summed E-state index contributed by atoms with van der Waals surface area (Å²) in [5.74, 6) is -1.82. The van der Waals surface area contributed by atoms with E-state index in [0.717, 1.165) is 21.3 Å². The topological polar surface area (TPSA) is 12.5 Å². The van der Waals surface area contributed by atoms with Gasteiger partial charge in [0.05, 0.1) is 6.54 Å². The van der Waals surface area contributed by atoms with Gasteiger partial charge in [-0.2, -0.15) is 0 Å². The first-order valence-corrected chi connectivity index (χ1v) is 8.36. The van der Waals surface area contributed by atoms with Crippen molar-refractivity contribution >= 4 is 15.9 Å². The molecule has 1 saturated heterocycles. The molecule has 0 spiro atoms. The number of nitrogens with zero attached hydrogens (tertiary/aromatic N) is 1. The summed E-state index contributed by atoms with van der Waals surface area (Å²) in [5, 5.41) is 0. The van der Waals surface area contributed by atoms with Gasteiger partial charge in [0, 0.05) is 24.0 Å². The van der Waals surface area contributed by atoms with Crippen LogP contribution in [0.15, 0.2) is 53.0 Å². The number of ether oxygens (including phenoxy) is 1. The monoisotopic (exact) mass is 381 g/mol. The van der Waals surface area contributed by atoms with Crippen molar-refractivity contribution in [1.82, 2.24) is 4.90 Å². The maximum absolute atomic E-state index is 13.3. The van der Waals surface area contributed by atoms with Gasteiger partial charge in [0.25, 0.3) is 5.92 Å². The van der Waals surface area contributed by atoms with Crippen molar-refractivity contribution in [2.45, 2.75) is 25.5 Å². The Labute approximate surface area is 143 Å². The average Bonchev–Trinajstić information content (AvgIpc) is 2.84. The Hall–Kier alpha value is -1.46. The van der Waals surface area contributed by atoms with Crippen LogP contribution in [0.25, 0.3) is 0 Å². The zero-order valence-corrected chi connectivity index (χ0v) is 14.2. The molecule has 1 aliphatic rings. The van der Waals surface area contributed by atoms with Gasteiger partial charge in [-0.15, -0.1) is 0 Å². The summed E-state index contributed by atoms with van der Waals surface area (Å²) >= 11 is 3.46. The molecular weight excluding hydrogens is 364 g/mol. The van der Waals surface area contributed by atoms with Gasteiger partial charge in [0.2, 0.25) is 0 Å².